The summed E-state index contributed by atoms with van der Waals surface area (Å²) in [6.07, 6.45) is 4.42. The van der Waals surface area contributed by atoms with E-state index in [-0.39, 0.29) is 6.09 Å². The molecule has 2 aliphatic rings. The summed E-state index contributed by atoms with van der Waals surface area (Å²) >= 11 is 0. The number of ether oxygens (including phenoxy) is 1. The normalized spacial score (nSPS) is 27.1. The minimum Gasteiger partial charge on any atom is -0.448 e. The van der Waals surface area contributed by atoms with Crippen LogP contribution in [0.1, 0.15) is 32.6 Å². The van der Waals surface area contributed by atoms with Crippen LogP contribution >= 0.6 is 0 Å². The van der Waals surface area contributed by atoms with Crippen LogP contribution in [0.15, 0.2) is 0 Å². The summed E-state index contributed by atoms with van der Waals surface area (Å²) in [7, 11) is 0. The van der Waals surface area contributed by atoms with Gasteiger partial charge in [0.2, 0.25) is 0 Å². The van der Waals surface area contributed by atoms with E-state index >= 15 is 0 Å². The third kappa shape index (κ3) is 3.11. The minimum absolute atomic E-state index is 0.124. The van der Waals surface area contributed by atoms with E-state index in [0.29, 0.717) is 12.6 Å². The predicted octanol–water partition coefficient (Wildman–Crippen LogP) is 1.61. The number of nitrogens with one attached hydrogen (secondary N) is 1. The summed E-state index contributed by atoms with van der Waals surface area (Å²) in [6, 6.07) is 0.382. The van der Waals surface area contributed by atoms with Gasteiger partial charge >= 0.3 is 6.09 Å². The molecule has 0 radical (unpaired) electrons. The first-order valence-electron chi connectivity index (χ1n) is 6.41. The van der Waals surface area contributed by atoms with Crippen molar-refractivity contribution in [2.45, 2.75) is 38.6 Å². The topological polar surface area (TPSA) is 41.6 Å². The summed E-state index contributed by atoms with van der Waals surface area (Å²) < 4.78 is 5.33. The largest absolute Gasteiger partial charge is 0.448 e. The van der Waals surface area contributed by atoms with Crippen molar-refractivity contribution in [2.75, 3.05) is 26.2 Å². The van der Waals surface area contributed by atoms with E-state index in [2.05, 4.69) is 12.2 Å². The van der Waals surface area contributed by atoms with Gasteiger partial charge in [-0.25, -0.2) is 4.79 Å². The highest BCUT2D eigenvalue weighted by Gasteiger charge is 2.23. The molecule has 0 aromatic rings. The molecule has 1 unspecified atom stereocenters. The maximum Gasteiger partial charge on any atom is 0.409 e. The highest BCUT2D eigenvalue weighted by molar-refractivity contribution is 5.67. The van der Waals surface area contributed by atoms with Gasteiger partial charge in [-0.2, -0.15) is 0 Å². The van der Waals surface area contributed by atoms with E-state index in [4.69, 9.17) is 4.74 Å². The molecule has 2 saturated heterocycles. The van der Waals surface area contributed by atoms with Gasteiger partial charge in [-0.15, -0.1) is 0 Å². The first-order chi connectivity index (χ1) is 7.75. The number of nitrogens with zero attached hydrogens (tertiary/aromatic N) is 1. The van der Waals surface area contributed by atoms with Gasteiger partial charge in [-0.05, 0) is 38.1 Å². The molecule has 1 atom stereocenters. The molecule has 2 heterocycles. The second-order valence-corrected chi connectivity index (χ2v) is 5.04. The lowest BCUT2D eigenvalue weighted by Gasteiger charge is -2.29. The van der Waals surface area contributed by atoms with Gasteiger partial charge in [-0.1, -0.05) is 6.92 Å². The third-order valence-corrected chi connectivity index (χ3v) is 3.61. The van der Waals surface area contributed by atoms with E-state index in [0.717, 1.165) is 44.8 Å². The van der Waals surface area contributed by atoms with E-state index in [1.54, 1.807) is 0 Å². The lowest BCUT2D eigenvalue weighted by molar-refractivity contribution is 0.0829. The Morgan fingerprint density at radius 3 is 2.75 bits per heavy atom. The van der Waals surface area contributed by atoms with Crippen LogP contribution in [0.5, 0.6) is 0 Å². The molecule has 92 valence electrons. The Bertz CT molecular complexity index is 231. The zero-order chi connectivity index (χ0) is 11.4. The average Bonchev–Trinajstić information content (AvgIpc) is 2.80. The second kappa shape index (κ2) is 5.53. The second-order valence-electron chi connectivity index (χ2n) is 5.04. The molecule has 0 aromatic heterocycles. The van der Waals surface area contributed by atoms with Gasteiger partial charge in [0, 0.05) is 19.1 Å². The molecular weight excluding hydrogens is 204 g/mol. The Morgan fingerprint density at radius 1 is 1.38 bits per heavy atom. The van der Waals surface area contributed by atoms with Crippen molar-refractivity contribution in [2.24, 2.45) is 5.92 Å². The quantitative estimate of drug-likeness (QED) is 0.777. The Kier molecular flexibility index (Phi) is 4.04. The fourth-order valence-electron chi connectivity index (χ4n) is 2.35. The highest BCUT2D eigenvalue weighted by atomic mass is 16.6. The molecule has 1 N–H and O–H groups in total. The van der Waals surface area contributed by atoms with E-state index in [1.807, 2.05) is 4.90 Å². The van der Waals surface area contributed by atoms with Crippen LogP contribution in [-0.4, -0.2) is 43.3 Å². The highest BCUT2D eigenvalue weighted by Crippen LogP contribution is 2.16. The number of carbonyl (C=O) groups excluding carboxylic acids is 1. The van der Waals surface area contributed by atoms with Gasteiger partial charge in [0.15, 0.2) is 0 Å². The van der Waals surface area contributed by atoms with Crippen molar-refractivity contribution >= 4 is 6.09 Å². The summed E-state index contributed by atoms with van der Waals surface area (Å²) in [5.74, 6) is 0.751. The maximum atomic E-state index is 11.7. The first kappa shape index (κ1) is 11.7. The molecular formula is C12H22N2O2. The maximum absolute atomic E-state index is 11.7. The number of piperidine rings is 1. The number of hydrogen-bond acceptors (Lipinski definition) is 3. The number of amides is 1. The molecule has 0 bridgehead atoms. The van der Waals surface area contributed by atoms with Crippen molar-refractivity contribution in [1.29, 1.82) is 0 Å². The number of rotatable bonds is 2. The summed E-state index contributed by atoms with van der Waals surface area (Å²) in [5, 5.41) is 3.33. The monoisotopic (exact) mass is 226 g/mol. The van der Waals surface area contributed by atoms with E-state index in [9.17, 15) is 4.79 Å². The fraction of sp³-hybridized carbons (Fsp3) is 0.917. The summed E-state index contributed by atoms with van der Waals surface area (Å²) in [6.45, 7) is 5.55. The van der Waals surface area contributed by atoms with E-state index in [1.165, 1.54) is 6.42 Å². The Hall–Kier alpha value is -0.770. The van der Waals surface area contributed by atoms with Crippen LogP contribution in [0.25, 0.3) is 0 Å². The van der Waals surface area contributed by atoms with Crippen LogP contribution in [0.3, 0.4) is 0 Å². The smallest absolute Gasteiger partial charge is 0.409 e. The van der Waals surface area contributed by atoms with Crippen molar-refractivity contribution in [3.05, 3.63) is 0 Å². The molecule has 0 saturated carbocycles. The van der Waals surface area contributed by atoms with Crippen molar-refractivity contribution in [3.63, 3.8) is 0 Å². The SMILES string of the molecule is CC1CCN(C(=O)OCC2CCCN2)CC1. The predicted molar refractivity (Wildman–Crippen MR) is 62.3 cm³/mol. The Labute approximate surface area is 97.3 Å². The van der Waals surface area contributed by atoms with Crippen LogP contribution < -0.4 is 5.32 Å². The number of carbonyl (C=O) groups is 1. The van der Waals surface area contributed by atoms with Crippen molar-refractivity contribution < 1.29 is 9.53 Å². The standard InChI is InChI=1S/C12H22N2O2/c1-10-4-7-14(8-5-10)12(15)16-9-11-3-2-6-13-11/h10-11,13H,2-9H2,1H3. The van der Waals surface area contributed by atoms with E-state index < -0.39 is 0 Å². The molecule has 2 aliphatic heterocycles. The third-order valence-electron chi connectivity index (χ3n) is 3.61. The van der Waals surface area contributed by atoms with Crippen LogP contribution in [-0.2, 0) is 4.74 Å². The van der Waals surface area contributed by atoms with Gasteiger partial charge in [0.25, 0.3) is 0 Å². The Morgan fingerprint density at radius 2 is 2.12 bits per heavy atom. The molecule has 1 amide bonds. The van der Waals surface area contributed by atoms with Crippen LogP contribution in [0.4, 0.5) is 4.79 Å². The summed E-state index contributed by atoms with van der Waals surface area (Å²) in [5.41, 5.74) is 0. The van der Waals surface area contributed by atoms with Crippen LogP contribution in [0, 0.1) is 5.92 Å². The molecule has 4 nitrogen and oxygen atoms in total. The summed E-state index contributed by atoms with van der Waals surface area (Å²) in [4.78, 5) is 13.6. The molecule has 4 heteroatoms. The zero-order valence-corrected chi connectivity index (χ0v) is 10.1. The van der Waals surface area contributed by atoms with Gasteiger partial charge in [0.05, 0.1) is 0 Å². The van der Waals surface area contributed by atoms with Crippen molar-refractivity contribution in [3.8, 4) is 0 Å². The average molecular weight is 226 g/mol. The number of hydrogen-bond donors (Lipinski definition) is 1. The Balaban J connectivity index is 1.67. The van der Waals surface area contributed by atoms with Crippen LogP contribution in [0.2, 0.25) is 0 Å². The van der Waals surface area contributed by atoms with Gasteiger partial charge < -0.3 is 15.0 Å². The lowest BCUT2D eigenvalue weighted by atomic mass is 10.00. The molecule has 0 aromatic carbocycles. The van der Waals surface area contributed by atoms with Crippen molar-refractivity contribution in [1.82, 2.24) is 10.2 Å². The van der Waals surface area contributed by atoms with Gasteiger partial charge in [-0.3, -0.25) is 0 Å². The zero-order valence-electron chi connectivity index (χ0n) is 10.1. The fourth-order valence-corrected chi connectivity index (χ4v) is 2.35. The number of likely N-dealkylation sites (tertiary alicyclic amines) is 1. The molecule has 2 rings (SSSR count). The molecule has 16 heavy (non-hydrogen) atoms. The van der Waals surface area contributed by atoms with Gasteiger partial charge in [0.1, 0.15) is 6.61 Å². The molecule has 0 spiro atoms. The first-order valence-corrected chi connectivity index (χ1v) is 6.41. The minimum atomic E-state index is -0.124. The molecule has 0 aliphatic carbocycles. The lowest BCUT2D eigenvalue weighted by Crippen LogP contribution is -2.40. The molecule has 2 fully saturated rings.